The van der Waals surface area contributed by atoms with Crippen molar-refractivity contribution in [3.63, 3.8) is 0 Å². The number of hydrogen-bond acceptors (Lipinski definition) is 3. The van der Waals surface area contributed by atoms with Gasteiger partial charge in [0.15, 0.2) is 6.29 Å². The Labute approximate surface area is 92.5 Å². The summed E-state index contributed by atoms with van der Waals surface area (Å²) >= 11 is 0. The highest BCUT2D eigenvalue weighted by Crippen LogP contribution is 2.22. The second kappa shape index (κ2) is 3.95. The average Bonchev–Trinajstić information content (AvgIpc) is 3.01. The molecule has 1 aliphatic carbocycles. The molecule has 0 unspecified atom stereocenters. The molecule has 0 bridgehead atoms. The van der Waals surface area contributed by atoms with Gasteiger partial charge in [-0.1, -0.05) is 0 Å². The summed E-state index contributed by atoms with van der Waals surface area (Å²) in [6.07, 6.45) is 1.94. The van der Waals surface area contributed by atoms with E-state index in [4.69, 9.17) is 0 Å². The van der Waals surface area contributed by atoms with Crippen molar-refractivity contribution in [1.29, 1.82) is 0 Å². The third-order valence-corrected chi connectivity index (χ3v) is 3.82. The maximum absolute atomic E-state index is 13.0. The minimum absolute atomic E-state index is 0.0188. The third kappa shape index (κ3) is 2.28. The molecule has 0 amide bonds. The van der Waals surface area contributed by atoms with Crippen LogP contribution in [-0.4, -0.2) is 20.7 Å². The first kappa shape index (κ1) is 11.2. The molecular formula is C10H10FNO3S. The molecule has 0 aliphatic heterocycles. The number of hydrogen-bond donors (Lipinski definition) is 1. The van der Waals surface area contributed by atoms with Crippen LogP contribution >= 0.6 is 0 Å². The Balaban J connectivity index is 2.35. The third-order valence-electron chi connectivity index (χ3n) is 2.30. The lowest BCUT2D eigenvalue weighted by Crippen LogP contribution is -2.25. The van der Waals surface area contributed by atoms with E-state index >= 15 is 0 Å². The van der Waals surface area contributed by atoms with Crippen LogP contribution in [0.1, 0.15) is 23.2 Å². The Morgan fingerprint density at radius 2 is 2.06 bits per heavy atom. The topological polar surface area (TPSA) is 63.2 Å². The van der Waals surface area contributed by atoms with Gasteiger partial charge in [-0.25, -0.2) is 17.5 Å². The van der Waals surface area contributed by atoms with Crippen LogP contribution in [0.4, 0.5) is 4.39 Å². The van der Waals surface area contributed by atoms with E-state index in [2.05, 4.69) is 4.72 Å². The maximum Gasteiger partial charge on any atom is 0.240 e. The van der Waals surface area contributed by atoms with Crippen LogP contribution in [0, 0.1) is 5.82 Å². The fourth-order valence-corrected chi connectivity index (χ4v) is 2.61. The van der Waals surface area contributed by atoms with Gasteiger partial charge in [0.25, 0.3) is 0 Å². The molecule has 0 atom stereocenters. The molecule has 1 saturated carbocycles. The number of aldehydes is 1. The number of halogens is 1. The second-order valence-electron chi connectivity index (χ2n) is 3.70. The first-order chi connectivity index (χ1) is 7.53. The van der Waals surface area contributed by atoms with Crippen LogP contribution in [-0.2, 0) is 10.0 Å². The van der Waals surface area contributed by atoms with Crippen LogP contribution in [0.15, 0.2) is 23.1 Å². The first-order valence-corrected chi connectivity index (χ1v) is 6.28. The van der Waals surface area contributed by atoms with E-state index in [1.807, 2.05) is 0 Å². The van der Waals surface area contributed by atoms with Gasteiger partial charge in [-0.3, -0.25) is 4.79 Å². The van der Waals surface area contributed by atoms with Gasteiger partial charge in [0, 0.05) is 6.04 Å². The Morgan fingerprint density at radius 1 is 1.38 bits per heavy atom. The van der Waals surface area contributed by atoms with Crippen molar-refractivity contribution in [3.05, 3.63) is 29.6 Å². The summed E-state index contributed by atoms with van der Waals surface area (Å²) in [5.41, 5.74) is -0.251. The van der Waals surface area contributed by atoms with Crippen LogP contribution in [0.2, 0.25) is 0 Å². The minimum atomic E-state index is -3.62. The molecule has 16 heavy (non-hydrogen) atoms. The smallest absolute Gasteiger partial charge is 0.240 e. The van der Waals surface area contributed by atoms with Gasteiger partial charge in [0.1, 0.15) is 5.82 Å². The summed E-state index contributed by atoms with van der Waals surface area (Å²) in [5.74, 6) is -0.722. The van der Waals surface area contributed by atoms with E-state index in [1.165, 1.54) is 0 Å². The van der Waals surface area contributed by atoms with E-state index in [1.54, 1.807) is 0 Å². The number of rotatable bonds is 4. The van der Waals surface area contributed by atoms with Crippen molar-refractivity contribution >= 4 is 16.3 Å². The second-order valence-corrected chi connectivity index (χ2v) is 5.41. The molecule has 4 nitrogen and oxygen atoms in total. The Kier molecular flexibility index (Phi) is 2.77. The largest absolute Gasteiger partial charge is 0.298 e. The fourth-order valence-electron chi connectivity index (χ4n) is 1.27. The minimum Gasteiger partial charge on any atom is -0.298 e. The summed E-state index contributed by atoms with van der Waals surface area (Å²) < 4.78 is 38.9. The van der Waals surface area contributed by atoms with Gasteiger partial charge in [-0.2, -0.15) is 0 Å². The van der Waals surface area contributed by atoms with Gasteiger partial charge in [-0.05, 0) is 31.0 Å². The predicted octanol–water partition coefficient (Wildman–Crippen LogP) is 1.08. The number of nitrogens with one attached hydrogen (secondary N) is 1. The molecule has 0 radical (unpaired) electrons. The van der Waals surface area contributed by atoms with Gasteiger partial charge in [-0.15, -0.1) is 0 Å². The first-order valence-electron chi connectivity index (χ1n) is 4.80. The normalized spacial score (nSPS) is 16.1. The quantitative estimate of drug-likeness (QED) is 0.805. The van der Waals surface area contributed by atoms with Crippen LogP contribution in [0.3, 0.4) is 0 Å². The molecule has 0 heterocycles. The zero-order valence-corrected chi connectivity index (χ0v) is 9.13. The number of carbonyl (C=O) groups excluding carboxylic acids is 1. The molecule has 86 valence electrons. The summed E-state index contributed by atoms with van der Waals surface area (Å²) in [4.78, 5) is 10.4. The van der Waals surface area contributed by atoms with E-state index in [0.717, 1.165) is 31.0 Å². The number of benzene rings is 1. The SMILES string of the molecule is O=Cc1cc(S(=O)(=O)NC2CC2)ccc1F. The number of sulfonamides is 1. The molecule has 1 aliphatic rings. The lowest BCUT2D eigenvalue weighted by Gasteiger charge is -2.05. The lowest BCUT2D eigenvalue weighted by atomic mass is 10.2. The fraction of sp³-hybridized carbons (Fsp3) is 0.300. The molecule has 0 saturated heterocycles. The highest BCUT2D eigenvalue weighted by molar-refractivity contribution is 7.89. The molecule has 0 aromatic heterocycles. The molecule has 1 aromatic carbocycles. The zero-order chi connectivity index (χ0) is 11.8. The van der Waals surface area contributed by atoms with Crippen molar-refractivity contribution in [1.82, 2.24) is 4.72 Å². The van der Waals surface area contributed by atoms with Crippen LogP contribution in [0.25, 0.3) is 0 Å². The van der Waals surface area contributed by atoms with Gasteiger partial charge >= 0.3 is 0 Å². The summed E-state index contributed by atoms with van der Waals surface area (Å²) in [7, 11) is -3.62. The van der Waals surface area contributed by atoms with E-state index in [-0.39, 0.29) is 16.5 Å². The molecule has 1 fully saturated rings. The molecule has 2 rings (SSSR count). The van der Waals surface area contributed by atoms with Crippen molar-refractivity contribution in [2.24, 2.45) is 0 Å². The van der Waals surface area contributed by atoms with E-state index in [9.17, 15) is 17.6 Å². The number of carbonyl (C=O) groups is 1. The van der Waals surface area contributed by atoms with Crippen LogP contribution < -0.4 is 4.72 Å². The highest BCUT2D eigenvalue weighted by atomic mass is 32.2. The van der Waals surface area contributed by atoms with Crippen molar-refractivity contribution in [3.8, 4) is 0 Å². The van der Waals surface area contributed by atoms with Gasteiger partial charge < -0.3 is 0 Å². The molecular weight excluding hydrogens is 233 g/mol. The van der Waals surface area contributed by atoms with Gasteiger partial charge in [0.05, 0.1) is 10.5 Å². The summed E-state index contributed by atoms with van der Waals surface area (Å²) in [6.45, 7) is 0. The lowest BCUT2D eigenvalue weighted by molar-refractivity contribution is 0.111. The molecule has 6 heteroatoms. The van der Waals surface area contributed by atoms with E-state index in [0.29, 0.717) is 6.29 Å². The highest BCUT2D eigenvalue weighted by Gasteiger charge is 2.28. The Bertz CT molecular complexity index is 523. The van der Waals surface area contributed by atoms with Crippen LogP contribution in [0.5, 0.6) is 0 Å². The zero-order valence-electron chi connectivity index (χ0n) is 8.31. The molecule has 1 aromatic rings. The Hall–Kier alpha value is -1.27. The van der Waals surface area contributed by atoms with Crippen molar-refractivity contribution in [2.45, 2.75) is 23.8 Å². The van der Waals surface area contributed by atoms with E-state index < -0.39 is 15.8 Å². The predicted molar refractivity (Wildman–Crippen MR) is 55.1 cm³/mol. The van der Waals surface area contributed by atoms with Gasteiger partial charge in [0.2, 0.25) is 10.0 Å². The Morgan fingerprint density at radius 3 is 2.62 bits per heavy atom. The summed E-state index contributed by atoms with van der Waals surface area (Å²) in [5, 5.41) is 0. The maximum atomic E-state index is 13.0. The summed E-state index contributed by atoms with van der Waals surface area (Å²) in [6, 6.07) is 3.14. The monoisotopic (exact) mass is 243 g/mol. The molecule has 1 N–H and O–H groups in total. The van der Waals surface area contributed by atoms with Crippen molar-refractivity contribution in [2.75, 3.05) is 0 Å². The average molecular weight is 243 g/mol. The molecule has 0 spiro atoms. The van der Waals surface area contributed by atoms with Crippen molar-refractivity contribution < 1.29 is 17.6 Å². The standard InChI is InChI=1S/C10H10FNO3S/c11-10-4-3-9(5-7(10)6-13)16(14,15)12-8-1-2-8/h3-6,8,12H,1-2H2.